The van der Waals surface area contributed by atoms with Crippen molar-refractivity contribution in [1.29, 1.82) is 0 Å². The van der Waals surface area contributed by atoms with Gasteiger partial charge in [0.2, 0.25) is 0 Å². The highest BCUT2D eigenvalue weighted by atomic mass is 16.6. The van der Waals surface area contributed by atoms with Crippen molar-refractivity contribution in [3.8, 4) is 5.75 Å². The van der Waals surface area contributed by atoms with Crippen LogP contribution in [0.2, 0.25) is 0 Å². The molecule has 0 aliphatic carbocycles. The van der Waals surface area contributed by atoms with Gasteiger partial charge in [-0.05, 0) is 19.9 Å². The fourth-order valence-electron chi connectivity index (χ4n) is 1.36. The summed E-state index contributed by atoms with van der Waals surface area (Å²) in [7, 11) is 0. The smallest absolute Gasteiger partial charge is 0.347 e. The van der Waals surface area contributed by atoms with Crippen LogP contribution in [-0.4, -0.2) is 28.5 Å². The number of hydrogen-bond donors (Lipinski definition) is 0. The van der Waals surface area contributed by atoms with Crippen molar-refractivity contribution >= 4 is 17.3 Å². The van der Waals surface area contributed by atoms with Gasteiger partial charge in [-0.2, -0.15) is 0 Å². The average molecular weight is 284 g/mol. The molecule has 0 aliphatic heterocycles. The first kappa shape index (κ1) is 15.3. The first-order chi connectivity index (χ1) is 9.36. The van der Waals surface area contributed by atoms with Crippen LogP contribution in [-0.2, 0) is 9.53 Å². The maximum atomic E-state index is 11.4. The van der Waals surface area contributed by atoms with Crippen molar-refractivity contribution in [2.24, 2.45) is 0 Å². The van der Waals surface area contributed by atoms with Gasteiger partial charge in [-0.25, -0.2) is 4.79 Å². The summed E-state index contributed by atoms with van der Waals surface area (Å²) in [6.07, 6.45) is -1.06. The Hall–Kier alpha value is -2.71. The summed E-state index contributed by atoms with van der Waals surface area (Å²) >= 11 is 0. The fourth-order valence-corrected chi connectivity index (χ4v) is 1.36. The SMILES string of the molecule is CCOC(=O)C(C)Oc1ccc([N+](=O)[O-])cc1[N+](=O)[O-]. The molecule has 20 heavy (non-hydrogen) atoms. The van der Waals surface area contributed by atoms with Crippen LogP contribution < -0.4 is 4.74 Å². The molecule has 0 heterocycles. The molecule has 1 atom stereocenters. The molecule has 1 rings (SSSR count). The van der Waals surface area contributed by atoms with Gasteiger partial charge in [0.15, 0.2) is 11.9 Å². The van der Waals surface area contributed by atoms with Gasteiger partial charge in [0.05, 0.1) is 22.5 Å². The molecule has 0 aliphatic rings. The third-order valence-electron chi connectivity index (χ3n) is 2.27. The molecular formula is C11H12N2O7. The maximum absolute atomic E-state index is 11.4. The monoisotopic (exact) mass is 284 g/mol. The molecule has 1 aromatic rings. The summed E-state index contributed by atoms with van der Waals surface area (Å²) in [6, 6.07) is 2.90. The van der Waals surface area contributed by atoms with Crippen molar-refractivity contribution in [2.45, 2.75) is 20.0 Å². The van der Waals surface area contributed by atoms with Gasteiger partial charge in [0.25, 0.3) is 5.69 Å². The molecule has 0 spiro atoms. The third kappa shape index (κ3) is 3.64. The number of rotatable bonds is 6. The first-order valence-corrected chi connectivity index (χ1v) is 5.63. The Bertz CT molecular complexity index is 544. The number of hydrogen-bond acceptors (Lipinski definition) is 7. The Balaban J connectivity index is 3.03. The lowest BCUT2D eigenvalue weighted by Crippen LogP contribution is -2.26. The van der Waals surface area contributed by atoms with Gasteiger partial charge in [-0.1, -0.05) is 0 Å². The third-order valence-corrected chi connectivity index (χ3v) is 2.27. The summed E-state index contributed by atoms with van der Waals surface area (Å²) in [5.41, 5.74) is -1.02. The van der Waals surface area contributed by atoms with Crippen LogP contribution in [0.1, 0.15) is 13.8 Å². The summed E-state index contributed by atoms with van der Waals surface area (Å²) in [5.74, 6) is -0.915. The number of nitro groups is 2. The highest BCUT2D eigenvalue weighted by molar-refractivity contribution is 5.74. The number of nitro benzene ring substituents is 2. The standard InChI is InChI=1S/C11H12N2O7/c1-3-19-11(14)7(2)20-10-5-4-8(12(15)16)6-9(10)13(17)18/h4-7H,3H2,1-2H3. The molecule has 9 heteroatoms. The second-order valence-corrected chi connectivity index (χ2v) is 3.68. The van der Waals surface area contributed by atoms with Crippen LogP contribution in [0.15, 0.2) is 18.2 Å². The molecule has 0 saturated carbocycles. The van der Waals surface area contributed by atoms with E-state index in [2.05, 4.69) is 0 Å². The Morgan fingerprint density at radius 2 is 1.95 bits per heavy atom. The lowest BCUT2D eigenvalue weighted by Gasteiger charge is -2.13. The van der Waals surface area contributed by atoms with E-state index in [-0.39, 0.29) is 12.4 Å². The normalized spacial score (nSPS) is 11.5. The lowest BCUT2D eigenvalue weighted by atomic mass is 10.2. The van der Waals surface area contributed by atoms with Gasteiger partial charge in [-0.15, -0.1) is 0 Å². The Labute approximate surface area is 113 Å². The molecule has 1 aromatic carbocycles. The minimum absolute atomic E-state index is 0.148. The number of non-ortho nitro benzene ring substituents is 1. The molecule has 108 valence electrons. The van der Waals surface area contributed by atoms with Crippen molar-refractivity contribution < 1.29 is 24.1 Å². The van der Waals surface area contributed by atoms with Crippen molar-refractivity contribution in [3.63, 3.8) is 0 Å². The Morgan fingerprint density at radius 3 is 2.45 bits per heavy atom. The first-order valence-electron chi connectivity index (χ1n) is 5.63. The Kier molecular flexibility index (Phi) is 4.95. The molecule has 0 saturated heterocycles. The predicted molar refractivity (Wildman–Crippen MR) is 66.5 cm³/mol. The molecule has 0 N–H and O–H groups in total. The largest absolute Gasteiger partial charge is 0.472 e. The molecular weight excluding hydrogens is 272 g/mol. The van der Waals surface area contributed by atoms with Crippen molar-refractivity contribution in [2.75, 3.05) is 6.61 Å². The molecule has 0 aromatic heterocycles. The summed E-state index contributed by atoms with van der Waals surface area (Å²) in [4.78, 5) is 31.2. The molecule has 0 amide bonds. The quantitative estimate of drug-likeness (QED) is 0.443. The number of carbonyl (C=O) groups is 1. The van der Waals surface area contributed by atoms with Gasteiger partial charge in [0, 0.05) is 6.07 Å². The van der Waals surface area contributed by atoms with Crippen LogP contribution in [0, 0.1) is 20.2 Å². The average Bonchev–Trinajstić information content (AvgIpc) is 2.38. The van der Waals surface area contributed by atoms with Gasteiger partial charge in [-0.3, -0.25) is 20.2 Å². The zero-order valence-electron chi connectivity index (χ0n) is 10.8. The number of nitrogens with zero attached hydrogens (tertiary/aromatic N) is 2. The van der Waals surface area contributed by atoms with E-state index in [1.165, 1.54) is 6.92 Å². The molecule has 0 radical (unpaired) electrons. The zero-order valence-corrected chi connectivity index (χ0v) is 10.8. The van der Waals surface area contributed by atoms with E-state index in [1.54, 1.807) is 6.92 Å². The van der Waals surface area contributed by atoms with Crippen LogP contribution in [0.3, 0.4) is 0 Å². The van der Waals surface area contributed by atoms with E-state index >= 15 is 0 Å². The topological polar surface area (TPSA) is 122 Å². The van der Waals surface area contributed by atoms with Crippen LogP contribution in [0.5, 0.6) is 5.75 Å². The number of benzene rings is 1. The second-order valence-electron chi connectivity index (χ2n) is 3.68. The number of esters is 1. The van der Waals surface area contributed by atoms with E-state index < -0.39 is 33.3 Å². The van der Waals surface area contributed by atoms with Gasteiger partial charge >= 0.3 is 11.7 Å². The van der Waals surface area contributed by atoms with Crippen LogP contribution in [0.4, 0.5) is 11.4 Å². The maximum Gasteiger partial charge on any atom is 0.347 e. The summed E-state index contributed by atoms with van der Waals surface area (Å²) in [5, 5.41) is 21.4. The Morgan fingerprint density at radius 1 is 1.30 bits per heavy atom. The highest BCUT2D eigenvalue weighted by Gasteiger charge is 2.24. The minimum Gasteiger partial charge on any atom is -0.472 e. The van der Waals surface area contributed by atoms with Crippen molar-refractivity contribution in [1.82, 2.24) is 0 Å². The number of ether oxygens (including phenoxy) is 2. The predicted octanol–water partition coefficient (Wildman–Crippen LogP) is 1.83. The van der Waals surface area contributed by atoms with E-state index in [0.29, 0.717) is 0 Å². The molecule has 0 fully saturated rings. The fraction of sp³-hybridized carbons (Fsp3) is 0.364. The van der Waals surface area contributed by atoms with E-state index in [0.717, 1.165) is 18.2 Å². The summed E-state index contributed by atoms with van der Waals surface area (Å²) in [6.45, 7) is 3.12. The number of carbonyl (C=O) groups excluding carboxylic acids is 1. The molecule has 9 nitrogen and oxygen atoms in total. The van der Waals surface area contributed by atoms with E-state index in [1.807, 2.05) is 0 Å². The van der Waals surface area contributed by atoms with Crippen LogP contribution >= 0.6 is 0 Å². The van der Waals surface area contributed by atoms with Gasteiger partial charge < -0.3 is 9.47 Å². The lowest BCUT2D eigenvalue weighted by molar-refractivity contribution is -0.394. The zero-order chi connectivity index (χ0) is 15.3. The molecule has 1 unspecified atom stereocenters. The van der Waals surface area contributed by atoms with Gasteiger partial charge in [0.1, 0.15) is 0 Å². The van der Waals surface area contributed by atoms with E-state index in [4.69, 9.17) is 9.47 Å². The second kappa shape index (κ2) is 6.45. The van der Waals surface area contributed by atoms with Crippen molar-refractivity contribution in [3.05, 3.63) is 38.4 Å². The van der Waals surface area contributed by atoms with E-state index in [9.17, 15) is 25.0 Å². The van der Waals surface area contributed by atoms with Crippen LogP contribution in [0.25, 0.3) is 0 Å². The minimum atomic E-state index is -1.06. The summed E-state index contributed by atoms with van der Waals surface area (Å²) < 4.78 is 9.81. The highest BCUT2D eigenvalue weighted by Crippen LogP contribution is 2.31. The molecule has 0 bridgehead atoms.